The van der Waals surface area contributed by atoms with Gasteiger partial charge in [-0.2, -0.15) is 0 Å². The quantitative estimate of drug-likeness (QED) is 0.823. The molecular weight excluding hydrogens is 236 g/mol. The summed E-state index contributed by atoms with van der Waals surface area (Å²) >= 11 is 0. The Balaban J connectivity index is 2.05. The van der Waals surface area contributed by atoms with Crippen LogP contribution in [0.15, 0.2) is 6.20 Å². The van der Waals surface area contributed by atoms with Crippen molar-refractivity contribution in [1.29, 1.82) is 0 Å². The maximum Gasteiger partial charge on any atom is 0.325 e. The average molecular weight is 252 g/mol. The topological polar surface area (TPSA) is 88.3 Å². The van der Waals surface area contributed by atoms with Crippen molar-refractivity contribution in [3.8, 4) is 0 Å². The third-order valence-corrected chi connectivity index (χ3v) is 3.33. The molecule has 1 aliphatic rings. The monoisotopic (exact) mass is 252 g/mol. The second kappa shape index (κ2) is 4.75. The molecule has 7 heteroatoms. The number of aliphatic carboxylic acids is 1. The van der Waals surface area contributed by atoms with Crippen LogP contribution in [0.4, 0.5) is 0 Å². The minimum Gasteiger partial charge on any atom is -0.480 e. The fraction of sp³-hybridized carbons (Fsp3) is 0.636. The Bertz CT molecular complexity index is 461. The van der Waals surface area contributed by atoms with Gasteiger partial charge < -0.3 is 10.0 Å². The Hall–Kier alpha value is -1.92. The maximum atomic E-state index is 12.1. The van der Waals surface area contributed by atoms with Gasteiger partial charge in [-0.1, -0.05) is 19.1 Å². The minimum atomic E-state index is -1.01. The summed E-state index contributed by atoms with van der Waals surface area (Å²) in [5.74, 6) is -0.240. The number of nitrogens with zero attached hydrogens (tertiary/aromatic N) is 4. The molecule has 0 aromatic carbocycles. The van der Waals surface area contributed by atoms with Gasteiger partial charge in [-0.25, -0.2) is 4.68 Å². The summed E-state index contributed by atoms with van der Waals surface area (Å²) < 4.78 is 1.15. The summed E-state index contributed by atoms with van der Waals surface area (Å²) in [5.41, 5.74) is 0.206. The Morgan fingerprint density at radius 3 is 2.56 bits per heavy atom. The van der Waals surface area contributed by atoms with Crippen LogP contribution in [-0.2, 0) is 11.3 Å². The van der Waals surface area contributed by atoms with Crippen molar-refractivity contribution >= 4 is 11.9 Å². The highest BCUT2D eigenvalue weighted by Gasteiger charge is 2.31. The van der Waals surface area contributed by atoms with E-state index in [1.54, 1.807) is 4.90 Å². The van der Waals surface area contributed by atoms with Crippen LogP contribution < -0.4 is 0 Å². The van der Waals surface area contributed by atoms with E-state index in [9.17, 15) is 9.59 Å². The van der Waals surface area contributed by atoms with Crippen molar-refractivity contribution in [2.45, 2.75) is 20.4 Å². The second-order valence-electron chi connectivity index (χ2n) is 4.86. The third kappa shape index (κ3) is 2.49. The summed E-state index contributed by atoms with van der Waals surface area (Å²) in [4.78, 5) is 24.3. The Kier molecular flexibility index (Phi) is 3.31. The van der Waals surface area contributed by atoms with E-state index in [-0.39, 0.29) is 18.1 Å². The molecule has 1 aromatic rings. The highest BCUT2D eigenvalue weighted by atomic mass is 16.4. The normalized spacial score (nSPS) is 23.3. The molecule has 1 aliphatic heterocycles. The Labute approximate surface area is 104 Å². The van der Waals surface area contributed by atoms with Crippen LogP contribution in [0.5, 0.6) is 0 Å². The van der Waals surface area contributed by atoms with Gasteiger partial charge in [0.05, 0.1) is 6.20 Å². The van der Waals surface area contributed by atoms with Crippen LogP contribution in [-0.4, -0.2) is 50.0 Å². The molecule has 2 rings (SSSR count). The van der Waals surface area contributed by atoms with Gasteiger partial charge in [0.15, 0.2) is 5.69 Å². The molecule has 98 valence electrons. The predicted molar refractivity (Wildman–Crippen MR) is 61.9 cm³/mol. The Morgan fingerprint density at radius 2 is 2.00 bits per heavy atom. The fourth-order valence-corrected chi connectivity index (χ4v) is 2.07. The summed E-state index contributed by atoms with van der Waals surface area (Å²) in [6.07, 6.45) is 1.38. The van der Waals surface area contributed by atoms with Crippen molar-refractivity contribution in [1.82, 2.24) is 19.9 Å². The molecule has 1 N–H and O–H groups in total. The predicted octanol–water partition coefficient (Wildman–Crippen LogP) is 0.0907. The van der Waals surface area contributed by atoms with Crippen LogP contribution in [0.1, 0.15) is 24.3 Å². The molecule has 0 spiro atoms. The van der Waals surface area contributed by atoms with E-state index in [4.69, 9.17) is 5.11 Å². The van der Waals surface area contributed by atoms with E-state index in [0.29, 0.717) is 24.9 Å². The molecule has 1 amide bonds. The zero-order valence-electron chi connectivity index (χ0n) is 10.4. The van der Waals surface area contributed by atoms with E-state index in [0.717, 1.165) is 4.68 Å². The summed E-state index contributed by atoms with van der Waals surface area (Å²) in [7, 11) is 0. The maximum absolute atomic E-state index is 12.1. The second-order valence-corrected chi connectivity index (χ2v) is 4.86. The van der Waals surface area contributed by atoms with Crippen molar-refractivity contribution in [3.05, 3.63) is 11.9 Å². The number of carbonyl (C=O) groups excluding carboxylic acids is 1. The van der Waals surface area contributed by atoms with Gasteiger partial charge in [0.2, 0.25) is 0 Å². The molecule has 7 nitrogen and oxygen atoms in total. The number of hydrogen-bond acceptors (Lipinski definition) is 4. The van der Waals surface area contributed by atoms with Crippen molar-refractivity contribution in [2.24, 2.45) is 11.8 Å². The standard InChI is InChI=1S/C11H16N4O3/c1-7-3-14(4-8(7)2)11(18)9-5-15(13-12-9)6-10(16)17/h5,7-8H,3-4,6H2,1-2H3,(H,16,17). The van der Waals surface area contributed by atoms with Crippen LogP contribution in [0, 0.1) is 11.8 Å². The van der Waals surface area contributed by atoms with Gasteiger partial charge in [0.25, 0.3) is 5.91 Å². The molecule has 18 heavy (non-hydrogen) atoms. The molecule has 1 fully saturated rings. The number of carbonyl (C=O) groups is 2. The van der Waals surface area contributed by atoms with E-state index >= 15 is 0 Å². The average Bonchev–Trinajstić information content (AvgIpc) is 2.85. The lowest BCUT2D eigenvalue weighted by atomic mass is 10.0. The number of likely N-dealkylation sites (tertiary alicyclic amines) is 1. The summed E-state index contributed by atoms with van der Waals surface area (Å²) in [6.45, 7) is 5.36. The molecule has 0 aliphatic carbocycles. The Morgan fingerprint density at radius 1 is 1.39 bits per heavy atom. The molecule has 2 atom stereocenters. The number of carboxylic acids is 1. The van der Waals surface area contributed by atoms with Gasteiger partial charge in [0.1, 0.15) is 6.54 Å². The van der Waals surface area contributed by atoms with Crippen LogP contribution in [0.25, 0.3) is 0 Å². The van der Waals surface area contributed by atoms with Crippen LogP contribution in [0.3, 0.4) is 0 Å². The molecule has 0 bridgehead atoms. The first-order valence-electron chi connectivity index (χ1n) is 5.88. The SMILES string of the molecule is CC1CN(C(=O)c2cn(CC(=O)O)nn2)CC1C. The highest BCUT2D eigenvalue weighted by Crippen LogP contribution is 2.23. The molecule has 2 heterocycles. The van der Waals surface area contributed by atoms with Gasteiger partial charge in [-0.15, -0.1) is 5.10 Å². The van der Waals surface area contributed by atoms with Crippen molar-refractivity contribution < 1.29 is 14.7 Å². The van der Waals surface area contributed by atoms with Gasteiger partial charge >= 0.3 is 5.97 Å². The minimum absolute atomic E-state index is 0.178. The first-order chi connectivity index (χ1) is 8.47. The first-order valence-corrected chi connectivity index (χ1v) is 5.88. The smallest absolute Gasteiger partial charge is 0.325 e. The summed E-state index contributed by atoms with van der Waals surface area (Å²) in [6, 6.07) is 0. The lowest BCUT2D eigenvalue weighted by Crippen LogP contribution is -2.29. The number of rotatable bonds is 3. The van der Waals surface area contributed by atoms with Gasteiger partial charge in [0, 0.05) is 13.1 Å². The van der Waals surface area contributed by atoms with E-state index < -0.39 is 5.97 Å². The van der Waals surface area contributed by atoms with E-state index in [2.05, 4.69) is 24.2 Å². The zero-order chi connectivity index (χ0) is 13.3. The lowest BCUT2D eigenvalue weighted by molar-refractivity contribution is -0.137. The van der Waals surface area contributed by atoms with Crippen LogP contribution in [0.2, 0.25) is 0 Å². The number of amides is 1. The first kappa shape index (κ1) is 12.5. The van der Waals surface area contributed by atoms with Crippen molar-refractivity contribution in [2.75, 3.05) is 13.1 Å². The lowest BCUT2D eigenvalue weighted by Gasteiger charge is -2.13. The molecule has 0 saturated carbocycles. The van der Waals surface area contributed by atoms with E-state index in [1.165, 1.54) is 6.20 Å². The van der Waals surface area contributed by atoms with E-state index in [1.807, 2.05) is 0 Å². The highest BCUT2D eigenvalue weighted by molar-refractivity contribution is 5.92. The number of carboxylic acid groups (broad SMARTS) is 1. The molecule has 1 aromatic heterocycles. The van der Waals surface area contributed by atoms with Gasteiger partial charge in [-0.3, -0.25) is 9.59 Å². The number of hydrogen-bond donors (Lipinski definition) is 1. The zero-order valence-corrected chi connectivity index (χ0v) is 10.4. The van der Waals surface area contributed by atoms with Gasteiger partial charge in [-0.05, 0) is 11.8 Å². The molecule has 0 radical (unpaired) electrons. The molecule has 2 unspecified atom stereocenters. The number of aromatic nitrogens is 3. The summed E-state index contributed by atoms with van der Waals surface area (Å²) in [5, 5.41) is 16.0. The third-order valence-electron chi connectivity index (χ3n) is 3.33. The largest absolute Gasteiger partial charge is 0.480 e. The molecule has 1 saturated heterocycles. The van der Waals surface area contributed by atoms with Crippen molar-refractivity contribution in [3.63, 3.8) is 0 Å². The fourth-order valence-electron chi connectivity index (χ4n) is 2.07. The van der Waals surface area contributed by atoms with Crippen LogP contribution >= 0.6 is 0 Å². The molecular formula is C11H16N4O3.